The van der Waals surface area contributed by atoms with Gasteiger partial charge in [0, 0.05) is 58.2 Å². The van der Waals surface area contributed by atoms with Gasteiger partial charge in [-0.15, -0.1) is 0 Å². The Bertz CT molecular complexity index is 468. The first kappa shape index (κ1) is 15.4. The largest absolute Gasteiger partial charge is 0.337 e. The number of hydrogen-bond acceptors (Lipinski definition) is 5. The summed E-state index contributed by atoms with van der Waals surface area (Å²) >= 11 is 0. The predicted molar refractivity (Wildman–Crippen MR) is 77.9 cm³/mol. The Morgan fingerprint density at radius 1 is 1.25 bits per heavy atom. The molecule has 2 heterocycles. The summed E-state index contributed by atoms with van der Waals surface area (Å²) in [6.07, 6.45) is 6.10. The van der Waals surface area contributed by atoms with Crippen LogP contribution in [0, 0.1) is 0 Å². The third-order valence-electron chi connectivity index (χ3n) is 3.36. The predicted octanol–water partition coefficient (Wildman–Crippen LogP) is -0.902. The summed E-state index contributed by atoms with van der Waals surface area (Å²) in [4.78, 5) is 6.13. The van der Waals surface area contributed by atoms with E-state index in [4.69, 9.17) is 0 Å². The standard InChI is InChI=1S/C12H23N5O2S/c18-20(19,11-10-16-7-3-13-4-8-16)15-2-1-6-17-9-5-14-12-17/h5,9,12-13,15H,1-4,6-8,10-11H2. The third-order valence-corrected chi connectivity index (χ3v) is 4.72. The highest BCUT2D eigenvalue weighted by atomic mass is 32.2. The SMILES string of the molecule is O=S(=O)(CCN1CCNCC1)NCCCn1ccnc1. The van der Waals surface area contributed by atoms with Gasteiger partial charge in [0.25, 0.3) is 0 Å². The average molecular weight is 301 g/mol. The molecule has 0 unspecified atom stereocenters. The maximum absolute atomic E-state index is 11.9. The van der Waals surface area contributed by atoms with E-state index in [0.717, 1.165) is 39.1 Å². The molecule has 0 aliphatic carbocycles. The lowest BCUT2D eigenvalue weighted by Gasteiger charge is -2.26. The van der Waals surface area contributed by atoms with Gasteiger partial charge in [-0.1, -0.05) is 0 Å². The normalized spacial score (nSPS) is 17.4. The lowest BCUT2D eigenvalue weighted by molar-refractivity contribution is 0.253. The molecule has 1 aromatic rings. The first-order chi connectivity index (χ1) is 9.66. The van der Waals surface area contributed by atoms with Crippen LogP contribution in [0.3, 0.4) is 0 Å². The van der Waals surface area contributed by atoms with Crippen LogP contribution in [0.2, 0.25) is 0 Å². The van der Waals surface area contributed by atoms with Gasteiger partial charge in [0.05, 0.1) is 12.1 Å². The molecule has 20 heavy (non-hydrogen) atoms. The summed E-state index contributed by atoms with van der Waals surface area (Å²) in [5.41, 5.74) is 0. The maximum atomic E-state index is 11.9. The minimum absolute atomic E-state index is 0.179. The molecule has 0 bridgehead atoms. The van der Waals surface area contributed by atoms with Gasteiger partial charge >= 0.3 is 0 Å². The Kier molecular flexibility index (Phi) is 5.96. The number of aryl methyl sites for hydroxylation is 1. The molecule has 1 saturated heterocycles. The van der Waals surface area contributed by atoms with Crippen LogP contribution in [0.5, 0.6) is 0 Å². The van der Waals surface area contributed by atoms with Gasteiger partial charge < -0.3 is 9.88 Å². The molecule has 0 aromatic carbocycles. The number of aromatic nitrogens is 2. The molecule has 1 aliphatic rings. The van der Waals surface area contributed by atoms with E-state index < -0.39 is 10.0 Å². The number of sulfonamides is 1. The highest BCUT2D eigenvalue weighted by Gasteiger charge is 2.14. The quantitative estimate of drug-likeness (QED) is 0.608. The summed E-state index contributed by atoms with van der Waals surface area (Å²) in [6, 6.07) is 0. The zero-order valence-corrected chi connectivity index (χ0v) is 12.5. The molecule has 0 spiro atoms. The van der Waals surface area contributed by atoms with Crippen LogP contribution < -0.4 is 10.0 Å². The zero-order valence-electron chi connectivity index (χ0n) is 11.7. The lowest BCUT2D eigenvalue weighted by Crippen LogP contribution is -2.46. The van der Waals surface area contributed by atoms with Crippen molar-refractivity contribution in [1.29, 1.82) is 0 Å². The molecule has 114 valence electrons. The van der Waals surface area contributed by atoms with Gasteiger partial charge in [-0.3, -0.25) is 4.90 Å². The fraction of sp³-hybridized carbons (Fsp3) is 0.750. The third kappa shape index (κ3) is 5.58. The smallest absolute Gasteiger partial charge is 0.212 e. The van der Waals surface area contributed by atoms with E-state index in [-0.39, 0.29) is 5.75 Å². The Hall–Kier alpha value is -0.960. The first-order valence-electron chi connectivity index (χ1n) is 7.02. The van der Waals surface area contributed by atoms with Crippen molar-refractivity contribution < 1.29 is 8.42 Å². The second-order valence-electron chi connectivity index (χ2n) is 4.96. The minimum atomic E-state index is -3.16. The molecule has 2 rings (SSSR count). The van der Waals surface area contributed by atoms with Crippen LogP contribution in [0.25, 0.3) is 0 Å². The lowest BCUT2D eigenvalue weighted by atomic mass is 10.4. The number of hydrogen-bond donors (Lipinski definition) is 2. The van der Waals surface area contributed by atoms with E-state index >= 15 is 0 Å². The second-order valence-corrected chi connectivity index (χ2v) is 6.89. The van der Waals surface area contributed by atoms with Crippen LogP contribution in [0.4, 0.5) is 0 Å². The van der Waals surface area contributed by atoms with Crippen molar-refractivity contribution >= 4 is 10.0 Å². The number of piperazine rings is 1. The molecule has 1 fully saturated rings. The summed E-state index contributed by atoms with van der Waals surface area (Å²) < 4.78 is 28.3. The summed E-state index contributed by atoms with van der Waals surface area (Å²) in [6.45, 7) is 5.60. The molecule has 7 nitrogen and oxygen atoms in total. The van der Waals surface area contributed by atoms with Crippen LogP contribution in [0.15, 0.2) is 18.7 Å². The summed E-state index contributed by atoms with van der Waals surface area (Å²) in [5.74, 6) is 0.179. The van der Waals surface area contributed by atoms with Gasteiger partial charge in [0.1, 0.15) is 0 Å². The molecule has 0 atom stereocenters. The molecule has 0 saturated carbocycles. The highest BCUT2D eigenvalue weighted by Crippen LogP contribution is 1.95. The van der Waals surface area contributed by atoms with Crippen LogP contribution >= 0.6 is 0 Å². The van der Waals surface area contributed by atoms with Gasteiger partial charge in [-0.25, -0.2) is 18.1 Å². The molecular weight excluding hydrogens is 278 g/mol. The van der Waals surface area contributed by atoms with E-state index in [1.165, 1.54) is 0 Å². The number of rotatable bonds is 8. The monoisotopic (exact) mass is 301 g/mol. The highest BCUT2D eigenvalue weighted by molar-refractivity contribution is 7.89. The Morgan fingerprint density at radius 2 is 2.05 bits per heavy atom. The van der Waals surface area contributed by atoms with E-state index in [2.05, 4.69) is 19.9 Å². The topological polar surface area (TPSA) is 79.3 Å². The van der Waals surface area contributed by atoms with Crippen LogP contribution in [-0.2, 0) is 16.6 Å². The van der Waals surface area contributed by atoms with Crippen molar-refractivity contribution in [3.05, 3.63) is 18.7 Å². The fourth-order valence-corrected chi connectivity index (χ4v) is 3.26. The molecule has 8 heteroatoms. The fourth-order valence-electron chi connectivity index (χ4n) is 2.16. The minimum Gasteiger partial charge on any atom is -0.337 e. The van der Waals surface area contributed by atoms with E-state index in [9.17, 15) is 8.42 Å². The maximum Gasteiger partial charge on any atom is 0.212 e. The van der Waals surface area contributed by atoms with Crippen LogP contribution in [0.1, 0.15) is 6.42 Å². The van der Waals surface area contributed by atoms with Crippen molar-refractivity contribution in [2.45, 2.75) is 13.0 Å². The van der Waals surface area contributed by atoms with Crippen molar-refractivity contribution in [2.24, 2.45) is 0 Å². The molecule has 2 N–H and O–H groups in total. The first-order valence-corrected chi connectivity index (χ1v) is 8.67. The Morgan fingerprint density at radius 3 is 2.75 bits per heavy atom. The van der Waals surface area contributed by atoms with E-state index in [1.54, 1.807) is 12.5 Å². The van der Waals surface area contributed by atoms with E-state index in [0.29, 0.717) is 13.1 Å². The molecule has 0 radical (unpaired) electrons. The second kappa shape index (κ2) is 7.72. The number of nitrogens with zero attached hydrogens (tertiary/aromatic N) is 3. The van der Waals surface area contributed by atoms with E-state index in [1.807, 2.05) is 10.8 Å². The van der Waals surface area contributed by atoms with Crippen molar-refractivity contribution in [1.82, 2.24) is 24.5 Å². The molecule has 0 amide bonds. The van der Waals surface area contributed by atoms with Crippen molar-refractivity contribution in [2.75, 3.05) is 45.0 Å². The Labute approximate surface area is 120 Å². The molecule has 1 aliphatic heterocycles. The van der Waals surface area contributed by atoms with Gasteiger partial charge in [-0.2, -0.15) is 0 Å². The van der Waals surface area contributed by atoms with Gasteiger partial charge in [0.2, 0.25) is 10.0 Å². The average Bonchev–Trinajstić information content (AvgIpc) is 2.96. The zero-order chi connectivity index (χ0) is 14.3. The van der Waals surface area contributed by atoms with Crippen molar-refractivity contribution in [3.8, 4) is 0 Å². The van der Waals surface area contributed by atoms with Crippen molar-refractivity contribution in [3.63, 3.8) is 0 Å². The summed E-state index contributed by atoms with van der Waals surface area (Å²) in [5, 5.41) is 3.25. The molecule has 1 aromatic heterocycles. The number of imidazole rings is 1. The van der Waals surface area contributed by atoms with Crippen LogP contribution in [-0.4, -0.2) is 67.9 Å². The summed E-state index contributed by atoms with van der Waals surface area (Å²) in [7, 11) is -3.16. The molecular formula is C12H23N5O2S. The number of nitrogens with one attached hydrogen (secondary N) is 2. The van der Waals surface area contributed by atoms with Gasteiger partial charge in [0.15, 0.2) is 0 Å². The van der Waals surface area contributed by atoms with Gasteiger partial charge in [-0.05, 0) is 6.42 Å². The Balaban J connectivity index is 1.60.